The van der Waals surface area contributed by atoms with Crippen LogP contribution >= 0.6 is 0 Å². The van der Waals surface area contributed by atoms with E-state index in [4.69, 9.17) is 33.8 Å². The van der Waals surface area contributed by atoms with E-state index in [1.165, 1.54) is 30.7 Å². The Kier molecular flexibility index (Phi) is 16.3. The van der Waals surface area contributed by atoms with Crippen molar-refractivity contribution in [2.24, 2.45) is 10.8 Å². The molecule has 0 aromatic carbocycles. The van der Waals surface area contributed by atoms with Crippen LogP contribution in [-0.4, -0.2) is 91.6 Å². The number of rotatable bonds is 19. The SMILES string of the molecule is Cc1cn([C@@H]2O[C@H](CO[Si](C)(C)C(C)(C)C)[C@@]3(OS(=O)(=O)C=C3N)[C@H]2O[Si](C)(C)C(C)(C)C)c(=O)n(CCCCCCCCCn2c(=O)c(C)cn([C@H]3CC(N=[N+]=[N-])[C@@H](CO)O3)c2=O)c1=O. The third-order valence-corrected chi connectivity index (χ3v) is 24.2. The second-order valence-electron chi connectivity index (χ2n) is 21.0. The Hall–Kier alpha value is -3.65. The summed E-state index contributed by atoms with van der Waals surface area (Å²) in [4.78, 5) is 57.3. The lowest BCUT2D eigenvalue weighted by atomic mass is 9.89. The number of hydrogen-bond acceptors (Lipinski definition) is 14. The molecule has 2 fully saturated rings. The van der Waals surface area contributed by atoms with Crippen molar-refractivity contribution in [3.05, 3.63) is 86.7 Å². The van der Waals surface area contributed by atoms with Gasteiger partial charge in [-0.05, 0) is 68.5 Å². The number of aliphatic hydroxyl groups is 1. The lowest BCUT2D eigenvalue weighted by molar-refractivity contribution is -0.0567. The van der Waals surface area contributed by atoms with Crippen molar-refractivity contribution >= 4 is 26.8 Å². The van der Waals surface area contributed by atoms with Crippen LogP contribution in [0.25, 0.3) is 10.4 Å². The minimum atomic E-state index is -4.29. The average Bonchev–Trinajstić information content (AvgIpc) is 3.83. The maximum absolute atomic E-state index is 14.5. The molecule has 23 heteroatoms. The van der Waals surface area contributed by atoms with Crippen molar-refractivity contribution in [2.75, 3.05) is 13.2 Å². The summed E-state index contributed by atoms with van der Waals surface area (Å²) in [5, 5.41) is 13.7. The van der Waals surface area contributed by atoms with Gasteiger partial charge in [-0.1, -0.05) is 78.8 Å². The van der Waals surface area contributed by atoms with Gasteiger partial charge in [-0.15, -0.1) is 0 Å². The summed E-state index contributed by atoms with van der Waals surface area (Å²) in [6.45, 7) is 23.6. The van der Waals surface area contributed by atoms with Gasteiger partial charge in [0.05, 0.1) is 36.5 Å². The molecule has 3 aliphatic rings. The normalized spacial score (nSPS) is 25.7. The Labute approximate surface area is 389 Å². The van der Waals surface area contributed by atoms with Gasteiger partial charge in [-0.25, -0.2) is 13.8 Å². The van der Waals surface area contributed by atoms with Crippen LogP contribution in [0.2, 0.25) is 36.3 Å². The summed E-state index contributed by atoms with van der Waals surface area (Å²) in [6, 6.07) is -0.643. The predicted octanol–water partition coefficient (Wildman–Crippen LogP) is 5.55. The molecule has 20 nitrogen and oxygen atoms in total. The van der Waals surface area contributed by atoms with Gasteiger partial charge in [0.15, 0.2) is 28.5 Å². The number of unbranched alkanes of at least 4 members (excludes halogenated alkanes) is 6. The quantitative estimate of drug-likeness (QED) is 0.0438. The number of nitrogens with zero attached hydrogens (tertiary/aromatic N) is 7. The molecular formula is C43H72N8O12SSi2. The number of aliphatic hydroxyl groups excluding tert-OH is 1. The van der Waals surface area contributed by atoms with Crippen LogP contribution in [-0.2, 0) is 45.7 Å². The molecule has 1 unspecified atom stereocenters. The van der Waals surface area contributed by atoms with Crippen LogP contribution in [0.1, 0.15) is 116 Å². The first kappa shape index (κ1) is 53.3. The third kappa shape index (κ3) is 10.9. The molecule has 5 rings (SSSR count). The number of azide groups is 1. The third-order valence-electron chi connectivity index (χ3n) is 14.2. The van der Waals surface area contributed by atoms with E-state index in [0.717, 1.165) is 37.5 Å². The average molecular weight is 981 g/mol. The summed E-state index contributed by atoms with van der Waals surface area (Å²) in [6.07, 6.45) is 3.02. The number of nitrogens with two attached hydrogens (primary N) is 1. The molecule has 0 amide bonds. The summed E-state index contributed by atoms with van der Waals surface area (Å²) in [5.41, 5.74) is 12.2. The lowest BCUT2D eigenvalue weighted by Crippen LogP contribution is -2.59. The minimum absolute atomic E-state index is 0.0875. The fraction of sp³-hybridized carbons (Fsp3) is 0.767. The van der Waals surface area contributed by atoms with Gasteiger partial charge in [0.25, 0.3) is 21.2 Å². The second kappa shape index (κ2) is 20.1. The van der Waals surface area contributed by atoms with Gasteiger partial charge in [0, 0.05) is 47.9 Å². The zero-order valence-corrected chi connectivity index (χ0v) is 43.6. The van der Waals surface area contributed by atoms with E-state index in [1.807, 2.05) is 33.9 Å². The van der Waals surface area contributed by atoms with Crippen LogP contribution in [0.4, 0.5) is 0 Å². The first-order valence-corrected chi connectivity index (χ1v) is 30.2. The topological polar surface area (TPSA) is 263 Å². The highest BCUT2D eigenvalue weighted by atomic mass is 32.2. The van der Waals surface area contributed by atoms with Crippen LogP contribution in [0.5, 0.6) is 0 Å². The molecule has 0 radical (unpaired) electrons. The molecule has 0 bridgehead atoms. The standard InChI is InChI=1S/C43H72N8O12SSi2/c1-28-23-50(34-22-30(46-47-45)31(25-52)60-34)39(55)48(36(28)53)20-18-16-14-13-15-17-19-21-49-37(54)29(2)24-51(40(49)56)38-35(62-66(11,12)42(6,7)8)43(32(44)27-64(57,58)63-43)33(61-38)26-59-65(9,10)41(3,4)5/h23-24,27,30-31,33-35,38,52H,13-22,25-26,44H2,1-12H3/t30?,31-,33-,34-,35+,38-,43-/m1/s1. The maximum Gasteiger partial charge on any atom is 0.333 e. The molecule has 0 saturated carbocycles. The van der Waals surface area contributed by atoms with Crippen molar-refractivity contribution in [3.8, 4) is 0 Å². The van der Waals surface area contributed by atoms with Crippen molar-refractivity contribution in [2.45, 2.75) is 199 Å². The first-order valence-electron chi connectivity index (χ1n) is 22.9. The molecule has 2 aromatic heterocycles. The van der Waals surface area contributed by atoms with Gasteiger partial charge < -0.3 is 29.2 Å². The van der Waals surface area contributed by atoms with Crippen molar-refractivity contribution in [1.29, 1.82) is 0 Å². The fourth-order valence-electron chi connectivity index (χ4n) is 8.18. The van der Waals surface area contributed by atoms with Crippen molar-refractivity contribution < 1.29 is 36.0 Å². The zero-order chi connectivity index (χ0) is 49.4. The van der Waals surface area contributed by atoms with Gasteiger partial charge in [0.2, 0.25) is 0 Å². The number of aryl methyl sites for hydroxylation is 2. The molecule has 370 valence electrons. The van der Waals surface area contributed by atoms with Gasteiger partial charge >= 0.3 is 11.4 Å². The largest absolute Gasteiger partial charge is 0.414 e. The predicted molar refractivity (Wildman–Crippen MR) is 254 cm³/mol. The van der Waals surface area contributed by atoms with Gasteiger partial charge in [-0.2, -0.15) is 8.42 Å². The summed E-state index contributed by atoms with van der Waals surface area (Å²) in [5.74, 6) is 0. The van der Waals surface area contributed by atoms with E-state index in [0.29, 0.717) is 18.4 Å². The number of aromatic nitrogens is 4. The van der Waals surface area contributed by atoms with Crippen LogP contribution in [0, 0.1) is 13.8 Å². The first-order chi connectivity index (χ1) is 30.5. The molecule has 0 aliphatic carbocycles. The highest BCUT2D eigenvalue weighted by Crippen LogP contribution is 2.52. The second-order valence-corrected chi connectivity index (χ2v) is 32.0. The van der Waals surface area contributed by atoms with E-state index < -0.39 is 86.1 Å². The number of hydrogen-bond donors (Lipinski definition) is 2. The van der Waals surface area contributed by atoms with Crippen LogP contribution in [0.15, 0.2) is 47.8 Å². The molecule has 5 heterocycles. The summed E-state index contributed by atoms with van der Waals surface area (Å²) in [7, 11) is -9.50. The smallest absolute Gasteiger partial charge is 0.333 e. The van der Waals surface area contributed by atoms with E-state index in [1.54, 1.807) is 13.8 Å². The monoisotopic (exact) mass is 980 g/mol. The number of ether oxygens (including phenoxy) is 2. The summed E-state index contributed by atoms with van der Waals surface area (Å²) < 4.78 is 63.6. The molecule has 66 heavy (non-hydrogen) atoms. The summed E-state index contributed by atoms with van der Waals surface area (Å²) >= 11 is 0. The molecule has 2 aromatic rings. The Morgan fingerprint density at radius 1 is 0.848 bits per heavy atom. The van der Waals surface area contributed by atoms with E-state index >= 15 is 0 Å². The van der Waals surface area contributed by atoms with Crippen molar-refractivity contribution in [1.82, 2.24) is 18.3 Å². The highest BCUT2D eigenvalue weighted by molar-refractivity contribution is 7.90. The zero-order valence-electron chi connectivity index (χ0n) is 40.7. The lowest BCUT2D eigenvalue weighted by Gasteiger charge is -2.43. The van der Waals surface area contributed by atoms with Gasteiger partial charge in [-0.3, -0.25) is 27.9 Å². The Morgan fingerprint density at radius 3 is 1.82 bits per heavy atom. The van der Waals surface area contributed by atoms with Crippen LogP contribution in [0.3, 0.4) is 0 Å². The minimum Gasteiger partial charge on any atom is -0.414 e. The van der Waals surface area contributed by atoms with Crippen LogP contribution < -0.4 is 28.2 Å². The fourth-order valence-corrected chi connectivity index (χ4v) is 11.7. The molecule has 3 aliphatic heterocycles. The highest BCUT2D eigenvalue weighted by Gasteiger charge is 2.67. The molecule has 7 atom stereocenters. The van der Waals surface area contributed by atoms with Crippen molar-refractivity contribution in [3.63, 3.8) is 0 Å². The Balaban J connectivity index is 1.28. The van der Waals surface area contributed by atoms with E-state index in [2.05, 4.69) is 43.9 Å². The molecule has 2 saturated heterocycles. The Bertz CT molecular complexity index is 2540. The van der Waals surface area contributed by atoms with Gasteiger partial charge in [0.1, 0.15) is 18.4 Å². The maximum atomic E-state index is 14.5. The molecule has 1 spiro atoms. The van der Waals surface area contributed by atoms with E-state index in [-0.39, 0.29) is 59.6 Å². The van der Waals surface area contributed by atoms with E-state index in [9.17, 15) is 32.7 Å². The molecule has 3 N–H and O–H groups in total. The Morgan fingerprint density at radius 2 is 1.35 bits per heavy atom. The molecular weight excluding hydrogens is 909 g/mol.